The average Bonchev–Trinajstić information content (AvgIpc) is 2.84. The van der Waals surface area contributed by atoms with Crippen molar-refractivity contribution in [3.63, 3.8) is 0 Å². The predicted molar refractivity (Wildman–Crippen MR) is 94.2 cm³/mol. The van der Waals surface area contributed by atoms with E-state index in [0.717, 1.165) is 28.2 Å². The summed E-state index contributed by atoms with van der Waals surface area (Å²) in [5.41, 5.74) is 4.65. The van der Waals surface area contributed by atoms with Crippen LogP contribution in [-0.2, 0) is 0 Å². The Morgan fingerprint density at radius 1 is 1.04 bits per heavy atom. The van der Waals surface area contributed by atoms with Crippen LogP contribution in [0.1, 0.15) is 56.5 Å². The van der Waals surface area contributed by atoms with E-state index < -0.39 is 0 Å². The number of rotatable bonds is 3. The van der Waals surface area contributed by atoms with Gasteiger partial charge in [0, 0.05) is 16.8 Å². The third kappa shape index (κ3) is 2.48. The van der Waals surface area contributed by atoms with E-state index in [1.54, 1.807) is 4.40 Å². The molecule has 0 bridgehead atoms. The fourth-order valence-electron chi connectivity index (χ4n) is 3.14. The molecule has 0 aliphatic heterocycles. The van der Waals surface area contributed by atoms with Crippen molar-refractivity contribution in [2.45, 2.75) is 46.5 Å². The molecule has 1 N–H and O–H groups in total. The molecule has 0 radical (unpaired) electrons. The number of benzene rings is 1. The van der Waals surface area contributed by atoms with E-state index in [-0.39, 0.29) is 17.4 Å². The Morgan fingerprint density at radius 3 is 2.26 bits per heavy atom. The highest BCUT2D eigenvalue weighted by Gasteiger charge is 2.21. The molecule has 0 spiro atoms. The molecule has 2 heterocycles. The molecule has 0 saturated carbocycles. The van der Waals surface area contributed by atoms with E-state index >= 15 is 0 Å². The normalized spacial score (nSPS) is 11.8. The van der Waals surface area contributed by atoms with Crippen LogP contribution in [0.2, 0.25) is 0 Å². The Morgan fingerprint density at radius 2 is 1.70 bits per heavy atom. The van der Waals surface area contributed by atoms with Crippen molar-refractivity contribution >= 4 is 5.78 Å². The summed E-state index contributed by atoms with van der Waals surface area (Å²) in [6.07, 6.45) is 0. The van der Waals surface area contributed by atoms with Gasteiger partial charge in [-0.1, -0.05) is 58.0 Å². The summed E-state index contributed by atoms with van der Waals surface area (Å²) in [6.45, 7) is 10.3. The van der Waals surface area contributed by atoms with Crippen LogP contribution in [0.5, 0.6) is 0 Å². The van der Waals surface area contributed by atoms with Crippen molar-refractivity contribution in [2.75, 3.05) is 0 Å². The van der Waals surface area contributed by atoms with Crippen molar-refractivity contribution in [2.24, 2.45) is 0 Å². The van der Waals surface area contributed by atoms with E-state index in [1.165, 1.54) is 0 Å². The molecule has 2 aromatic heterocycles. The van der Waals surface area contributed by atoms with Crippen molar-refractivity contribution in [3.05, 3.63) is 57.6 Å². The second kappa shape index (κ2) is 5.69. The first-order valence-electron chi connectivity index (χ1n) is 8.12. The minimum atomic E-state index is 0.0460. The Kier molecular flexibility index (Phi) is 3.84. The van der Waals surface area contributed by atoms with Crippen molar-refractivity contribution in [1.82, 2.24) is 14.4 Å². The predicted octanol–water partition coefficient (Wildman–Crippen LogP) is 4.24. The number of nitrogens with zero attached hydrogens (tertiary/aromatic N) is 2. The third-order valence-electron chi connectivity index (χ3n) is 4.28. The summed E-state index contributed by atoms with van der Waals surface area (Å²) < 4.78 is 1.71. The van der Waals surface area contributed by atoms with Gasteiger partial charge >= 0.3 is 0 Å². The second-order valence-electron chi connectivity index (χ2n) is 6.64. The number of aromatic nitrogens is 3. The Labute approximate surface area is 136 Å². The summed E-state index contributed by atoms with van der Waals surface area (Å²) in [6, 6.07) is 9.99. The fraction of sp³-hybridized carbons (Fsp3) is 0.368. The van der Waals surface area contributed by atoms with Gasteiger partial charge in [0.2, 0.25) is 5.78 Å². The molecule has 0 fully saturated rings. The van der Waals surface area contributed by atoms with Crippen LogP contribution >= 0.6 is 0 Å². The van der Waals surface area contributed by atoms with Gasteiger partial charge in [-0.05, 0) is 18.8 Å². The summed E-state index contributed by atoms with van der Waals surface area (Å²) in [7, 11) is 0. The molecule has 4 nitrogen and oxygen atoms in total. The van der Waals surface area contributed by atoms with Gasteiger partial charge in [0.25, 0.3) is 5.56 Å². The zero-order chi connectivity index (χ0) is 16.7. The van der Waals surface area contributed by atoms with Crippen molar-refractivity contribution in [3.8, 4) is 11.3 Å². The molecule has 120 valence electrons. The lowest BCUT2D eigenvalue weighted by Gasteiger charge is -2.15. The van der Waals surface area contributed by atoms with Crippen LogP contribution < -0.4 is 5.56 Å². The van der Waals surface area contributed by atoms with Gasteiger partial charge in [0.1, 0.15) is 0 Å². The van der Waals surface area contributed by atoms with E-state index in [0.29, 0.717) is 5.78 Å². The zero-order valence-corrected chi connectivity index (χ0v) is 14.3. The second-order valence-corrected chi connectivity index (χ2v) is 6.64. The molecule has 3 rings (SSSR count). The minimum absolute atomic E-state index is 0.0460. The number of aryl methyl sites for hydroxylation is 1. The Hall–Kier alpha value is -2.36. The van der Waals surface area contributed by atoms with Crippen LogP contribution in [0, 0.1) is 6.92 Å². The van der Waals surface area contributed by atoms with Gasteiger partial charge in [0.05, 0.1) is 11.4 Å². The summed E-state index contributed by atoms with van der Waals surface area (Å²) >= 11 is 0. The first-order chi connectivity index (χ1) is 10.9. The van der Waals surface area contributed by atoms with Crippen LogP contribution in [0.4, 0.5) is 0 Å². The van der Waals surface area contributed by atoms with Crippen LogP contribution in [0.25, 0.3) is 17.0 Å². The molecule has 1 aromatic carbocycles. The molecule has 0 saturated heterocycles. The minimum Gasteiger partial charge on any atom is -0.328 e. The first kappa shape index (κ1) is 15.5. The maximum absolute atomic E-state index is 13.1. The number of hydrogen-bond acceptors (Lipinski definition) is 2. The third-order valence-corrected chi connectivity index (χ3v) is 4.28. The molecule has 0 aliphatic carbocycles. The van der Waals surface area contributed by atoms with Gasteiger partial charge in [-0.3, -0.25) is 4.79 Å². The average molecular weight is 309 g/mol. The number of aromatic amines is 1. The Bertz CT molecular complexity index is 902. The highest BCUT2D eigenvalue weighted by molar-refractivity contribution is 5.65. The number of hydrogen-bond donors (Lipinski definition) is 1. The zero-order valence-electron chi connectivity index (χ0n) is 14.3. The summed E-state index contributed by atoms with van der Waals surface area (Å²) in [5.74, 6) is 1.05. The van der Waals surface area contributed by atoms with E-state index in [2.05, 4.69) is 32.7 Å². The molecule has 4 heteroatoms. The van der Waals surface area contributed by atoms with Gasteiger partial charge in [-0.25, -0.2) is 9.38 Å². The number of H-pyrrole nitrogens is 1. The molecule has 0 amide bonds. The fourth-order valence-corrected chi connectivity index (χ4v) is 3.14. The maximum Gasteiger partial charge on any atom is 0.262 e. The molecule has 23 heavy (non-hydrogen) atoms. The number of nitrogens with one attached hydrogen (secondary N) is 1. The lowest BCUT2D eigenvalue weighted by Crippen LogP contribution is -2.24. The summed E-state index contributed by atoms with van der Waals surface area (Å²) in [5, 5.41) is 0. The van der Waals surface area contributed by atoms with Gasteiger partial charge in [0.15, 0.2) is 0 Å². The molecule has 0 atom stereocenters. The highest BCUT2D eigenvalue weighted by atomic mass is 16.1. The van der Waals surface area contributed by atoms with Crippen LogP contribution in [0.3, 0.4) is 0 Å². The lowest BCUT2D eigenvalue weighted by molar-refractivity contribution is 0.733. The standard InChI is InChI=1S/C19H23N3O/c1-11(2)15-16(12(3)4)20-19-21-17(13(5)22(19)18(15)23)14-9-7-6-8-10-14/h6-12H,1-5H3,(H,20,21). The molecular weight excluding hydrogens is 286 g/mol. The topological polar surface area (TPSA) is 50.2 Å². The molecule has 0 aliphatic rings. The molecule has 0 unspecified atom stereocenters. The summed E-state index contributed by atoms with van der Waals surface area (Å²) in [4.78, 5) is 21.2. The van der Waals surface area contributed by atoms with E-state index in [1.807, 2.05) is 37.3 Å². The van der Waals surface area contributed by atoms with Crippen molar-refractivity contribution in [1.29, 1.82) is 0 Å². The number of imidazole rings is 1. The molecule has 3 aromatic rings. The number of fused-ring (bicyclic) bond motifs is 1. The maximum atomic E-state index is 13.1. The van der Waals surface area contributed by atoms with Crippen LogP contribution in [0.15, 0.2) is 35.1 Å². The van der Waals surface area contributed by atoms with Gasteiger partial charge in [-0.2, -0.15) is 0 Å². The monoisotopic (exact) mass is 309 g/mol. The quantitative estimate of drug-likeness (QED) is 0.786. The first-order valence-corrected chi connectivity index (χ1v) is 8.12. The van der Waals surface area contributed by atoms with Gasteiger partial charge < -0.3 is 4.98 Å². The van der Waals surface area contributed by atoms with Gasteiger partial charge in [-0.15, -0.1) is 0 Å². The van der Waals surface area contributed by atoms with Crippen LogP contribution in [-0.4, -0.2) is 14.4 Å². The largest absolute Gasteiger partial charge is 0.328 e. The molecular formula is C19H23N3O. The smallest absolute Gasteiger partial charge is 0.262 e. The highest BCUT2D eigenvalue weighted by Crippen LogP contribution is 2.26. The SMILES string of the molecule is Cc1c(-c2ccccc2)nc2[nH]c(C(C)C)c(C(C)C)c(=O)n12. The lowest BCUT2D eigenvalue weighted by atomic mass is 9.96. The van der Waals surface area contributed by atoms with E-state index in [4.69, 9.17) is 4.98 Å². The van der Waals surface area contributed by atoms with Crippen molar-refractivity contribution < 1.29 is 0 Å². The Balaban J connectivity index is 2.38. The van der Waals surface area contributed by atoms with E-state index in [9.17, 15) is 4.79 Å².